The number of hydrogen-bond acceptors (Lipinski definition) is 4. The van der Waals surface area contributed by atoms with E-state index in [0.717, 1.165) is 31.4 Å². The Morgan fingerprint density at radius 2 is 2.15 bits per heavy atom. The summed E-state index contributed by atoms with van der Waals surface area (Å²) < 4.78 is 0. The van der Waals surface area contributed by atoms with Gasteiger partial charge in [0, 0.05) is 23.3 Å². The van der Waals surface area contributed by atoms with E-state index in [2.05, 4.69) is 10.3 Å². The Bertz CT molecular complexity index is 437. The van der Waals surface area contributed by atoms with Gasteiger partial charge in [-0.05, 0) is 50.5 Å². The van der Waals surface area contributed by atoms with E-state index in [1.807, 2.05) is 19.1 Å². The smallest absolute Gasteiger partial charge is 0.323 e. The van der Waals surface area contributed by atoms with Crippen LogP contribution in [0.4, 0.5) is 0 Å². The molecule has 1 aliphatic rings. The second-order valence-corrected chi connectivity index (χ2v) is 6.71. The van der Waals surface area contributed by atoms with E-state index in [0.29, 0.717) is 12.5 Å². The second kappa shape index (κ2) is 7.09. The molecule has 2 rings (SSSR count). The maximum atomic E-state index is 11.4. The predicted octanol–water partition coefficient (Wildman–Crippen LogP) is 2.94. The van der Waals surface area contributed by atoms with Crippen molar-refractivity contribution in [1.82, 2.24) is 10.3 Å². The highest BCUT2D eigenvalue weighted by Crippen LogP contribution is 2.26. The monoisotopic (exact) mass is 294 g/mol. The van der Waals surface area contributed by atoms with Gasteiger partial charge in [0.25, 0.3) is 0 Å². The Hall–Kier alpha value is -1.07. The largest absolute Gasteiger partial charge is 0.480 e. The second-order valence-electron chi connectivity index (χ2n) is 5.54. The molecule has 0 saturated heterocycles. The number of rotatable bonds is 9. The van der Waals surface area contributed by atoms with Crippen LogP contribution >= 0.6 is 11.8 Å². The molecule has 4 nitrogen and oxygen atoms in total. The lowest BCUT2D eigenvalue weighted by Gasteiger charge is -2.26. The molecule has 1 aliphatic carbocycles. The molecule has 0 bridgehead atoms. The predicted molar refractivity (Wildman–Crippen MR) is 81.0 cm³/mol. The molecule has 110 valence electrons. The topological polar surface area (TPSA) is 62.2 Å². The molecule has 1 aromatic rings. The standard InChI is InChI=1S/C15H22N2O2S/c1-15(14(18)19,17-12-4-5-12)8-2-3-11-20-13-6-9-16-10-7-13/h6-7,9-10,12,17H,2-5,8,11H2,1H3,(H,18,19). The highest BCUT2D eigenvalue weighted by molar-refractivity contribution is 7.99. The molecule has 0 aromatic carbocycles. The van der Waals surface area contributed by atoms with Gasteiger partial charge < -0.3 is 5.11 Å². The first-order valence-corrected chi connectivity index (χ1v) is 8.13. The van der Waals surface area contributed by atoms with Gasteiger partial charge in [0.1, 0.15) is 5.54 Å². The van der Waals surface area contributed by atoms with Crippen molar-refractivity contribution in [1.29, 1.82) is 0 Å². The zero-order valence-electron chi connectivity index (χ0n) is 11.8. The van der Waals surface area contributed by atoms with Crippen LogP contribution in [0, 0.1) is 0 Å². The highest BCUT2D eigenvalue weighted by atomic mass is 32.2. The fourth-order valence-corrected chi connectivity index (χ4v) is 3.02. The molecule has 1 heterocycles. The van der Waals surface area contributed by atoms with Crippen LogP contribution in [0.5, 0.6) is 0 Å². The number of carboxylic acid groups (broad SMARTS) is 1. The normalized spacial score (nSPS) is 17.6. The average Bonchev–Trinajstić information content (AvgIpc) is 3.23. The number of aromatic nitrogens is 1. The zero-order valence-corrected chi connectivity index (χ0v) is 12.7. The summed E-state index contributed by atoms with van der Waals surface area (Å²) in [7, 11) is 0. The molecular weight excluding hydrogens is 272 g/mol. The van der Waals surface area contributed by atoms with Crippen molar-refractivity contribution < 1.29 is 9.90 Å². The van der Waals surface area contributed by atoms with Crippen molar-refractivity contribution in [2.45, 2.75) is 55.5 Å². The van der Waals surface area contributed by atoms with Crippen molar-refractivity contribution in [2.24, 2.45) is 0 Å². The molecule has 1 aromatic heterocycles. The van der Waals surface area contributed by atoms with Gasteiger partial charge in [-0.3, -0.25) is 15.1 Å². The van der Waals surface area contributed by atoms with E-state index in [4.69, 9.17) is 0 Å². The number of thioether (sulfide) groups is 1. The third-order valence-electron chi connectivity index (χ3n) is 3.56. The first kappa shape index (κ1) is 15.3. The number of nitrogens with zero attached hydrogens (tertiary/aromatic N) is 1. The van der Waals surface area contributed by atoms with Crippen LogP contribution in [0.2, 0.25) is 0 Å². The molecule has 1 atom stereocenters. The number of unbranched alkanes of at least 4 members (excludes halogenated alkanes) is 1. The summed E-state index contributed by atoms with van der Waals surface area (Å²) in [6, 6.07) is 4.42. The summed E-state index contributed by atoms with van der Waals surface area (Å²) >= 11 is 1.80. The van der Waals surface area contributed by atoms with Crippen LogP contribution in [-0.2, 0) is 4.79 Å². The first-order valence-electron chi connectivity index (χ1n) is 7.14. The fourth-order valence-electron chi connectivity index (χ4n) is 2.12. The number of carbonyl (C=O) groups is 1. The first-order chi connectivity index (χ1) is 9.60. The maximum Gasteiger partial charge on any atom is 0.323 e. The fraction of sp³-hybridized carbons (Fsp3) is 0.600. The molecule has 1 saturated carbocycles. The lowest BCUT2D eigenvalue weighted by molar-refractivity contribution is -0.144. The van der Waals surface area contributed by atoms with Crippen LogP contribution in [0.3, 0.4) is 0 Å². The van der Waals surface area contributed by atoms with Crippen LogP contribution < -0.4 is 5.32 Å². The van der Waals surface area contributed by atoms with Crippen molar-refractivity contribution in [3.05, 3.63) is 24.5 Å². The minimum atomic E-state index is -0.761. The van der Waals surface area contributed by atoms with E-state index >= 15 is 0 Å². The van der Waals surface area contributed by atoms with E-state index in [9.17, 15) is 9.90 Å². The van der Waals surface area contributed by atoms with Gasteiger partial charge in [-0.25, -0.2) is 0 Å². The highest BCUT2D eigenvalue weighted by Gasteiger charge is 2.37. The van der Waals surface area contributed by atoms with Crippen molar-refractivity contribution in [3.63, 3.8) is 0 Å². The maximum absolute atomic E-state index is 11.4. The summed E-state index contributed by atoms with van der Waals surface area (Å²) in [6.45, 7) is 1.81. The number of pyridine rings is 1. The van der Waals surface area contributed by atoms with Crippen LogP contribution in [0.25, 0.3) is 0 Å². The number of carboxylic acids is 1. The number of hydrogen-bond donors (Lipinski definition) is 2. The molecule has 2 N–H and O–H groups in total. The number of aliphatic carboxylic acids is 1. The summed E-state index contributed by atoms with van der Waals surface area (Å²) in [5.41, 5.74) is -0.761. The zero-order chi connectivity index (χ0) is 14.4. The Labute approximate surface area is 124 Å². The van der Waals surface area contributed by atoms with E-state index in [-0.39, 0.29) is 0 Å². The van der Waals surface area contributed by atoms with Gasteiger partial charge in [0.15, 0.2) is 0 Å². The lowest BCUT2D eigenvalue weighted by Crippen LogP contribution is -2.50. The molecule has 0 amide bonds. The van der Waals surface area contributed by atoms with Gasteiger partial charge >= 0.3 is 5.97 Å². The molecule has 1 unspecified atom stereocenters. The average molecular weight is 294 g/mol. The molecule has 5 heteroatoms. The van der Waals surface area contributed by atoms with E-state index in [1.54, 1.807) is 24.2 Å². The quantitative estimate of drug-likeness (QED) is 0.541. The van der Waals surface area contributed by atoms with Gasteiger partial charge in [0.2, 0.25) is 0 Å². The van der Waals surface area contributed by atoms with Gasteiger partial charge in [-0.2, -0.15) is 0 Å². The lowest BCUT2D eigenvalue weighted by atomic mass is 9.95. The molecule has 20 heavy (non-hydrogen) atoms. The molecule has 1 fully saturated rings. The van der Waals surface area contributed by atoms with Gasteiger partial charge in [-0.15, -0.1) is 11.8 Å². The Morgan fingerprint density at radius 1 is 1.45 bits per heavy atom. The molecule has 0 aliphatic heterocycles. The van der Waals surface area contributed by atoms with Crippen molar-refractivity contribution in [3.8, 4) is 0 Å². The Balaban J connectivity index is 1.67. The third-order valence-corrected chi connectivity index (χ3v) is 4.66. The van der Waals surface area contributed by atoms with Gasteiger partial charge in [-0.1, -0.05) is 6.42 Å². The third kappa shape index (κ3) is 4.80. The minimum Gasteiger partial charge on any atom is -0.480 e. The van der Waals surface area contributed by atoms with Crippen LogP contribution in [0.1, 0.15) is 39.0 Å². The Morgan fingerprint density at radius 3 is 2.75 bits per heavy atom. The molecular formula is C15H22N2O2S. The van der Waals surface area contributed by atoms with Crippen molar-refractivity contribution >= 4 is 17.7 Å². The van der Waals surface area contributed by atoms with Crippen LogP contribution in [0.15, 0.2) is 29.4 Å². The summed E-state index contributed by atoms with van der Waals surface area (Å²) in [4.78, 5) is 16.6. The van der Waals surface area contributed by atoms with E-state index in [1.165, 1.54) is 4.90 Å². The summed E-state index contributed by atoms with van der Waals surface area (Å²) in [5.74, 6) is 0.287. The molecule has 0 radical (unpaired) electrons. The van der Waals surface area contributed by atoms with Crippen molar-refractivity contribution in [2.75, 3.05) is 5.75 Å². The SMILES string of the molecule is CC(CCCCSc1ccncc1)(NC1CC1)C(=O)O. The van der Waals surface area contributed by atoms with E-state index < -0.39 is 11.5 Å². The van der Waals surface area contributed by atoms with Crippen LogP contribution in [-0.4, -0.2) is 33.4 Å². The molecule has 0 spiro atoms. The summed E-state index contributed by atoms with van der Waals surface area (Å²) in [6.07, 6.45) is 8.47. The minimum absolute atomic E-state index is 0.419. The van der Waals surface area contributed by atoms with Gasteiger partial charge in [0.05, 0.1) is 0 Å². The summed E-state index contributed by atoms with van der Waals surface area (Å²) in [5, 5.41) is 12.6. The number of nitrogens with one attached hydrogen (secondary N) is 1. The Kier molecular flexibility index (Phi) is 5.43.